The number of hydrogen-bond donors (Lipinski definition) is 11. The number of anilines is 11. The molecule has 0 radical (unpaired) electrons. The topological polar surface area (TPSA) is 526 Å². The monoisotopic (exact) mass is 2190 g/mol. The van der Waals surface area contributed by atoms with Crippen LogP contribution in [0.4, 0.5) is 117 Å². The molecule has 0 unspecified atom stereocenters. The van der Waals surface area contributed by atoms with Crippen LogP contribution >= 0.6 is 70.4 Å². The summed E-state index contributed by atoms with van der Waals surface area (Å²) in [7, 11) is 0. The van der Waals surface area contributed by atoms with Gasteiger partial charge in [-0.3, -0.25) is 24.7 Å². The molecule has 0 bridgehead atoms. The van der Waals surface area contributed by atoms with E-state index in [4.69, 9.17) is 74.7 Å². The Balaban J connectivity index is 0.000000133. The molecule has 1 amide bonds. The summed E-state index contributed by atoms with van der Waals surface area (Å²) in [6.07, 6.45) is 16.7. The van der Waals surface area contributed by atoms with Crippen molar-refractivity contribution >= 4 is 140 Å². The summed E-state index contributed by atoms with van der Waals surface area (Å²) in [6.45, 7) is 17.2. The van der Waals surface area contributed by atoms with E-state index in [1.807, 2.05) is 9.80 Å². The number of piperidine rings is 5. The molecule has 5 aliphatic carbocycles. The van der Waals surface area contributed by atoms with E-state index in [9.17, 15) is 57.5 Å². The summed E-state index contributed by atoms with van der Waals surface area (Å²) < 4.78 is 158. The number of nitrogens with zero attached hydrogens (tertiary/aromatic N) is 21. The van der Waals surface area contributed by atoms with E-state index in [1.165, 1.54) is 92.4 Å². The van der Waals surface area contributed by atoms with Crippen molar-refractivity contribution < 1.29 is 57.5 Å². The van der Waals surface area contributed by atoms with Crippen LogP contribution in [0.2, 0.25) is 5.02 Å². The number of amides is 1. The molecule has 5 saturated carbocycles. The normalized spacial score (nSPS) is 22.8. The lowest BCUT2D eigenvalue weighted by molar-refractivity contribution is -0.144. The number of aromatic nitrogens is 16. The van der Waals surface area contributed by atoms with E-state index in [1.54, 1.807) is 30.9 Å². The average molecular weight is 2190 g/mol. The number of nitrogen functional groups attached to an aromatic ring is 6. The Bertz CT molecular complexity index is 6200. The molecule has 22 N–H and O–H groups in total. The maximum Gasteiger partial charge on any atom is 0.434 e. The maximum absolute atomic E-state index is 13.3. The molecule has 8 atom stereocenters. The van der Waals surface area contributed by atoms with E-state index < -0.39 is 53.4 Å². The summed E-state index contributed by atoms with van der Waals surface area (Å²) in [5.74, 6) is 5.61. The van der Waals surface area contributed by atoms with Crippen LogP contribution in [0, 0.1) is 50.7 Å². The van der Waals surface area contributed by atoms with E-state index >= 15 is 0 Å². The van der Waals surface area contributed by atoms with Crippen molar-refractivity contribution in [1.82, 2.24) is 80.0 Å². The van der Waals surface area contributed by atoms with Gasteiger partial charge in [-0.25, -0.2) is 44.9 Å². The fourth-order valence-corrected chi connectivity index (χ4v) is 27.8. The molecule has 51 heteroatoms. The van der Waals surface area contributed by atoms with Gasteiger partial charge in [-0.2, -0.15) is 57.7 Å². The summed E-state index contributed by atoms with van der Waals surface area (Å²) in [6, 6.07) is 13.9. The number of rotatable bonds is 16. The third kappa shape index (κ3) is 25.5. The molecule has 10 aromatic rings. The van der Waals surface area contributed by atoms with Gasteiger partial charge >= 0.3 is 24.7 Å². The van der Waals surface area contributed by atoms with Crippen LogP contribution in [0.3, 0.4) is 0 Å². The minimum Gasteiger partial charge on any atom is -0.382 e. The van der Waals surface area contributed by atoms with Crippen molar-refractivity contribution in [2.75, 3.05) is 124 Å². The van der Waals surface area contributed by atoms with E-state index in [0.717, 1.165) is 238 Å². The number of alkyl halides is 12. The smallest absolute Gasteiger partial charge is 0.382 e. The molecule has 802 valence electrons. The van der Waals surface area contributed by atoms with Crippen LogP contribution in [-0.4, -0.2) is 175 Å². The third-order valence-electron chi connectivity index (χ3n) is 31.4. The number of nitrogens with two attached hydrogens (primary N) is 11. The van der Waals surface area contributed by atoms with Crippen LogP contribution in [0.15, 0.2) is 154 Å². The van der Waals surface area contributed by atoms with Gasteiger partial charge in [0.05, 0.1) is 23.6 Å². The van der Waals surface area contributed by atoms with Gasteiger partial charge in [0, 0.05) is 145 Å². The highest BCUT2D eigenvalue weighted by molar-refractivity contribution is 8.00. The number of pyridine rings is 5. The number of hydrogen-bond acceptors (Lipinski definition) is 37. The van der Waals surface area contributed by atoms with E-state index in [-0.39, 0.29) is 109 Å². The summed E-state index contributed by atoms with van der Waals surface area (Å²) in [5, 5.41) is 9.74. The molecule has 149 heavy (non-hydrogen) atoms. The van der Waals surface area contributed by atoms with E-state index in [2.05, 4.69) is 122 Å². The van der Waals surface area contributed by atoms with Gasteiger partial charge in [0.1, 0.15) is 43.4 Å². The van der Waals surface area contributed by atoms with E-state index in [0.29, 0.717) is 98.7 Å². The van der Waals surface area contributed by atoms with Crippen molar-refractivity contribution in [3.63, 3.8) is 0 Å². The molecular formula is C98H123ClF12N32OS5. The van der Waals surface area contributed by atoms with Gasteiger partial charge in [-0.1, -0.05) is 117 Å². The number of primary amides is 1. The van der Waals surface area contributed by atoms with Crippen LogP contribution < -0.4 is 87.6 Å². The fraction of sp³-hybridized carbons (Fsp3) is 0.541. The molecule has 15 heterocycles. The second-order valence-corrected chi connectivity index (χ2v) is 46.4. The lowest BCUT2D eigenvalue weighted by atomic mass is 9.71. The molecule has 5 saturated heterocycles. The molecule has 5 aliphatic heterocycles. The molecular weight excluding hydrogens is 2070 g/mol. The molecule has 0 aromatic carbocycles. The Hall–Kier alpha value is -10.6. The Kier molecular flexibility index (Phi) is 34.1. The molecule has 5 spiro atoms. The van der Waals surface area contributed by atoms with Gasteiger partial charge in [0.2, 0.25) is 5.95 Å². The van der Waals surface area contributed by atoms with Gasteiger partial charge in [0.25, 0.3) is 5.91 Å². The minimum absolute atomic E-state index is 0.0149. The predicted octanol–water partition coefficient (Wildman–Crippen LogP) is 18.4. The SMILES string of the molecule is C[C@@H]1CCCC12CCN(c1nc(N)c(Sc3cccnc3C(F)(F)F)nc1C(N)=O)CC2.C[C@@H]1C[C@@H](N)C2(CCN(c3cnc(Sc4cccnc4C(F)(F)F)c(N)n3)CC2)C1.C[C@H]1C[C@@H](N)C2(CCN(c3cnc(Sc4cccnc4C(F)(F)F)c(N)n3)CC2)C1.C[C@H]1C[C@@H](N)C2(CCN(c3cnc(Sc4ccnc(N)c4Cl)c(N)n3)CC2)C1.Nc1nc(N2CCC3(CCC[C@H]3N)CC2)nnc1Sc1cccnc1C(F)(F)F. The van der Waals surface area contributed by atoms with Crippen molar-refractivity contribution in [2.45, 2.75) is 267 Å². The molecule has 20 rings (SSSR count). The minimum atomic E-state index is -4.64. The maximum atomic E-state index is 13.3. The largest absolute Gasteiger partial charge is 0.434 e. The van der Waals surface area contributed by atoms with Crippen molar-refractivity contribution in [1.29, 1.82) is 0 Å². The average Bonchev–Trinajstić information content (AvgIpc) is 1.55. The number of halogens is 13. The zero-order chi connectivity index (χ0) is 107. The zero-order valence-corrected chi connectivity index (χ0v) is 87.5. The van der Waals surface area contributed by atoms with Gasteiger partial charge in [-0.05, 0) is 227 Å². The lowest BCUT2D eigenvalue weighted by Gasteiger charge is -2.43. The fourth-order valence-electron chi connectivity index (χ4n) is 23.3. The quantitative estimate of drug-likeness (QED) is 0.0400. The summed E-state index contributed by atoms with van der Waals surface area (Å²) in [5.41, 5.74) is 64.5. The number of carbonyl (C=O) groups is 1. The van der Waals surface area contributed by atoms with Crippen molar-refractivity contribution in [2.24, 2.45) is 79.4 Å². The van der Waals surface area contributed by atoms with Crippen LogP contribution in [0.25, 0.3) is 0 Å². The van der Waals surface area contributed by atoms with Gasteiger partial charge in [0.15, 0.2) is 68.4 Å². The second kappa shape index (κ2) is 45.7. The molecule has 10 fully saturated rings. The highest BCUT2D eigenvalue weighted by atomic mass is 35.5. The highest BCUT2D eigenvalue weighted by Crippen LogP contribution is 2.56. The first kappa shape index (κ1) is 111. The van der Waals surface area contributed by atoms with Crippen LogP contribution in [0.1, 0.15) is 202 Å². The first-order chi connectivity index (χ1) is 70.6. The first-order valence-corrected chi connectivity index (χ1v) is 54.1. The second-order valence-electron chi connectivity index (χ2n) is 40.9. The molecule has 10 aliphatic rings. The molecule has 10 aromatic heterocycles. The predicted molar refractivity (Wildman–Crippen MR) is 553 cm³/mol. The summed E-state index contributed by atoms with van der Waals surface area (Å²) in [4.78, 5) is 80.2. The lowest BCUT2D eigenvalue weighted by Crippen LogP contribution is -2.47. The Morgan fingerprint density at radius 3 is 1.01 bits per heavy atom. The third-order valence-corrected chi connectivity index (χ3v) is 37.1. The van der Waals surface area contributed by atoms with Gasteiger partial charge < -0.3 is 87.6 Å². The number of carbonyl (C=O) groups excluding carboxylic acids is 1. The zero-order valence-electron chi connectivity index (χ0n) is 82.7. The molecule has 33 nitrogen and oxygen atoms in total. The Labute approximate surface area is 881 Å². The van der Waals surface area contributed by atoms with Gasteiger partial charge in [-0.15, -0.1) is 10.2 Å². The standard InChI is InChI=1S/C21H25F3N6OS.2C20H25F3N6S.C19H26ClN7S.C18H22F3N7S/c1-12-4-2-6-20(12)7-10-30(11-8-20)18-14(17(26)31)28-19(16(25)29-18)32-13-5-3-9-27-15(13)21(22,23)24;2*1-12-9-14(24)19(10-12)4-7-29(8-5-19)15-11-27-18(17(25)28-15)30-13-3-2-6-26-16(13)20(21,22)23;1-11-8-13(21)19(9-11)3-6-27(7-4-19)14-10-25-18(17(23)26-14)28-12-2-5-24-16(22)15(12)20;19-18(20,21)13-11(3-2-8-24-13)29-15-14(23)25-16(27-26-15)28-9-6-17(7-10-28)5-1-4-12(17)22/h3,5,9,12H,2,4,6-8,10-11H2,1H3,(H2,25,29)(H2,26,31);2*2-3,6,11-12,14H,4-5,7-10,24H2,1H3,(H2,25,28);2,5,10-11,13H,3-4,6-9,21H2,1H3,(H2,22,24)(H2,23,26);2-3,8,12H,1,4-7,9-10,22H2,(H2,23,25,27)/t12-;12-,14+;12-,14-;11-,13+;12-/m10101/s1. The van der Waals surface area contributed by atoms with Crippen molar-refractivity contribution in [3.05, 3.63) is 138 Å². The summed E-state index contributed by atoms with van der Waals surface area (Å²) >= 11 is 10.6. The van der Waals surface area contributed by atoms with Crippen molar-refractivity contribution in [3.8, 4) is 0 Å². The first-order valence-electron chi connectivity index (χ1n) is 49.6. The van der Waals surface area contributed by atoms with Crippen LogP contribution in [0.5, 0.6) is 0 Å². The highest BCUT2D eigenvalue weighted by Gasteiger charge is 2.52. The van der Waals surface area contributed by atoms with Crippen LogP contribution in [-0.2, 0) is 24.7 Å². The Morgan fingerprint density at radius 2 is 0.678 bits per heavy atom. The Morgan fingerprint density at radius 1 is 0.349 bits per heavy atom.